The molecule has 19 heavy (non-hydrogen) atoms. The Bertz CT molecular complexity index is 388. The summed E-state index contributed by atoms with van der Waals surface area (Å²) in [5.74, 6) is 2.75. The van der Waals surface area contributed by atoms with Gasteiger partial charge in [-0.2, -0.15) is 11.8 Å². The van der Waals surface area contributed by atoms with E-state index in [1.807, 2.05) is 24.9 Å². The highest BCUT2D eigenvalue weighted by Crippen LogP contribution is 2.28. The molecule has 0 bridgehead atoms. The third-order valence-corrected chi connectivity index (χ3v) is 4.75. The SMILES string of the molecule is CCc1nc(NC)cc(NC2CCCC(SC)C2)n1. The summed E-state index contributed by atoms with van der Waals surface area (Å²) in [6, 6.07) is 2.55. The van der Waals surface area contributed by atoms with Crippen molar-refractivity contribution in [3.63, 3.8) is 0 Å². The van der Waals surface area contributed by atoms with Gasteiger partial charge in [-0.3, -0.25) is 0 Å². The first-order valence-corrected chi connectivity index (χ1v) is 8.39. The molecule has 0 spiro atoms. The first-order chi connectivity index (χ1) is 9.25. The van der Waals surface area contributed by atoms with E-state index in [2.05, 4.69) is 33.8 Å². The first-order valence-electron chi connectivity index (χ1n) is 7.10. The number of aryl methyl sites for hydroxylation is 1. The van der Waals surface area contributed by atoms with Crippen molar-refractivity contribution in [2.75, 3.05) is 23.9 Å². The lowest BCUT2D eigenvalue weighted by atomic mass is 9.95. The van der Waals surface area contributed by atoms with Gasteiger partial charge in [-0.15, -0.1) is 0 Å². The molecule has 0 radical (unpaired) electrons. The molecular weight excluding hydrogens is 256 g/mol. The largest absolute Gasteiger partial charge is 0.373 e. The van der Waals surface area contributed by atoms with Gasteiger partial charge in [0.05, 0.1) is 0 Å². The van der Waals surface area contributed by atoms with E-state index in [9.17, 15) is 0 Å². The second-order valence-corrected chi connectivity index (χ2v) is 6.16. The van der Waals surface area contributed by atoms with Gasteiger partial charge in [0.15, 0.2) is 0 Å². The predicted octanol–water partition coefficient (Wildman–Crippen LogP) is 3.17. The van der Waals surface area contributed by atoms with E-state index in [0.717, 1.165) is 29.1 Å². The molecule has 0 amide bonds. The summed E-state index contributed by atoms with van der Waals surface area (Å²) in [6.07, 6.45) is 8.23. The quantitative estimate of drug-likeness (QED) is 0.867. The van der Waals surface area contributed by atoms with E-state index in [1.165, 1.54) is 25.7 Å². The lowest BCUT2D eigenvalue weighted by molar-refractivity contribution is 0.472. The van der Waals surface area contributed by atoms with Gasteiger partial charge in [-0.05, 0) is 25.5 Å². The van der Waals surface area contributed by atoms with E-state index >= 15 is 0 Å². The molecule has 4 nitrogen and oxygen atoms in total. The maximum atomic E-state index is 4.58. The molecule has 2 N–H and O–H groups in total. The van der Waals surface area contributed by atoms with Crippen LogP contribution in [0.4, 0.5) is 11.6 Å². The molecule has 2 atom stereocenters. The number of hydrogen-bond acceptors (Lipinski definition) is 5. The average Bonchev–Trinajstić information content (AvgIpc) is 2.47. The zero-order valence-corrected chi connectivity index (χ0v) is 12.9. The Hall–Kier alpha value is -0.970. The molecule has 0 aliphatic heterocycles. The molecule has 1 aromatic rings. The van der Waals surface area contributed by atoms with Gasteiger partial charge < -0.3 is 10.6 Å². The Morgan fingerprint density at radius 1 is 1.32 bits per heavy atom. The number of anilines is 2. The molecule has 2 rings (SSSR count). The molecule has 1 heterocycles. The van der Waals surface area contributed by atoms with Crippen LogP contribution in [0.2, 0.25) is 0 Å². The van der Waals surface area contributed by atoms with Gasteiger partial charge in [0.25, 0.3) is 0 Å². The van der Waals surface area contributed by atoms with Crippen LogP contribution in [0, 0.1) is 0 Å². The van der Waals surface area contributed by atoms with Gasteiger partial charge in [-0.1, -0.05) is 13.3 Å². The van der Waals surface area contributed by atoms with Crippen molar-refractivity contribution < 1.29 is 0 Å². The van der Waals surface area contributed by atoms with Gasteiger partial charge in [0.2, 0.25) is 0 Å². The lowest BCUT2D eigenvalue weighted by Gasteiger charge is -2.29. The van der Waals surface area contributed by atoms with Crippen LogP contribution in [0.25, 0.3) is 0 Å². The van der Waals surface area contributed by atoms with Gasteiger partial charge in [0.1, 0.15) is 17.5 Å². The summed E-state index contributed by atoms with van der Waals surface area (Å²) in [4.78, 5) is 9.00. The standard InChI is InChI=1S/C14H24N4S/c1-4-12-17-13(15-2)9-14(18-12)16-10-6-5-7-11(8-10)19-3/h9-11H,4-8H2,1-3H3,(H2,15,16,17,18). The molecule has 1 aliphatic rings. The average molecular weight is 280 g/mol. The molecular formula is C14H24N4S. The molecule has 0 saturated heterocycles. The number of hydrogen-bond donors (Lipinski definition) is 2. The fourth-order valence-corrected chi connectivity index (χ4v) is 3.38. The van der Waals surface area contributed by atoms with Crippen LogP contribution < -0.4 is 10.6 Å². The fraction of sp³-hybridized carbons (Fsp3) is 0.714. The summed E-state index contributed by atoms with van der Waals surface area (Å²) >= 11 is 1.99. The number of nitrogens with zero attached hydrogens (tertiary/aromatic N) is 2. The Balaban J connectivity index is 2.05. The predicted molar refractivity (Wildman–Crippen MR) is 84.1 cm³/mol. The van der Waals surface area contributed by atoms with Crippen LogP contribution in [0.1, 0.15) is 38.4 Å². The molecule has 1 saturated carbocycles. The monoisotopic (exact) mass is 280 g/mol. The van der Waals surface area contributed by atoms with Crippen molar-refractivity contribution in [1.29, 1.82) is 0 Å². The smallest absolute Gasteiger partial charge is 0.132 e. The highest BCUT2D eigenvalue weighted by atomic mass is 32.2. The van der Waals surface area contributed by atoms with E-state index in [4.69, 9.17) is 0 Å². The summed E-state index contributed by atoms with van der Waals surface area (Å²) in [5.41, 5.74) is 0. The first kappa shape index (κ1) is 14.4. The van der Waals surface area contributed by atoms with E-state index in [-0.39, 0.29) is 0 Å². The van der Waals surface area contributed by atoms with Gasteiger partial charge >= 0.3 is 0 Å². The molecule has 2 unspecified atom stereocenters. The maximum Gasteiger partial charge on any atom is 0.132 e. The number of thioether (sulfide) groups is 1. The normalized spacial score (nSPS) is 23.1. The van der Waals surface area contributed by atoms with E-state index in [0.29, 0.717) is 6.04 Å². The highest BCUT2D eigenvalue weighted by Gasteiger charge is 2.21. The topological polar surface area (TPSA) is 49.8 Å². The highest BCUT2D eigenvalue weighted by molar-refractivity contribution is 7.99. The van der Waals surface area contributed by atoms with Crippen molar-refractivity contribution in [2.45, 2.75) is 50.3 Å². The number of rotatable bonds is 5. The van der Waals surface area contributed by atoms with Crippen molar-refractivity contribution in [2.24, 2.45) is 0 Å². The second kappa shape index (κ2) is 6.98. The summed E-state index contributed by atoms with van der Waals surface area (Å²) in [7, 11) is 1.90. The molecule has 0 aromatic carbocycles. The molecule has 5 heteroatoms. The zero-order valence-electron chi connectivity index (χ0n) is 12.1. The van der Waals surface area contributed by atoms with Gasteiger partial charge in [-0.25, -0.2) is 9.97 Å². The Morgan fingerprint density at radius 3 is 2.79 bits per heavy atom. The van der Waals surface area contributed by atoms with Crippen LogP contribution in [0.15, 0.2) is 6.07 Å². The fourth-order valence-electron chi connectivity index (χ4n) is 2.56. The Labute approximate surface area is 120 Å². The molecule has 1 aliphatic carbocycles. The van der Waals surface area contributed by atoms with Crippen LogP contribution >= 0.6 is 11.8 Å². The summed E-state index contributed by atoms with van der Waals surface area (Å²) in [5, 5.41) is 7.49. The number of nitrogens with one attached hydrogen (secondary N) is 2. The van der Waals surface area contributed by atoms with Crippen LogP contribution in [0.5, 0.6) is 0 Å². The third-order valence-electron chi connectivity index (χ3n) is 3.66. The van der Waals surface area contributed by atoms with Crippen molar-refractivity contribution >= 4 is 23.4 Å². The minimum Gasteiger partial charge on any atom is -0.373 e. The summed E-state index contributed by atoms with van der Waals surface area (Å²) in [6.45, 7) is 2.09. The Kier molecular flexibility index (Phi) is 5.31. The molecule has 1 fully saturated rings. The minimum atomic E-state index is 0.551. The van der Waals surface area contributed by atoms with Crippen molar-refractivity contribution in [3.8, 4) is 0 Å². The van der Waals surface area contributed by atoms with E-state index < -0.39 is 0 Å². The van der Waals surface area contributed by atoms with Crippen molar-refractivity contribution in [3.05, 3.63) is 11.9 Å². The van der Waals surface area contributed by atoms with Crippen LogP contribution in [-0.2, 0) is 6.42 Å². The maximum absolute atomic E-state index is 4.58. The van der Waals surface area contributed by atoms with Crippen LogP contribution in [0.3, 0.4) is 0 Å². The lowest BCUT2D eigenvalue weighted by Crippen LogP contribution is -2.29. The van der Waals surface area contributed by atoms with E-state index in [1.54, 1.807) is 0 Å². The van der Waals surface area contributed by atoms with Crippen LogP contribution in [-0.4, -0.2) is 34.6 Å². The zero-order chi connectivity index (χ0) is 13.7. The number of aromatic nitrogens is 2. The second-order valence-electron chi connectivity index (χ2n) is 5.02. The van der Waals surface area contributed by atoms with Crippen molar-refractivity contribution in [1.82, 2.24) is 9.97 Å². The molecule has 106 valence electrons. The third kappa shape index (κ3) is 4.00. The summed E-state index contributed by atoms with van der Waals surface area (Å²) < 4.78 is 0. The Morgan fingerprint density at radius 2 is 2.11 bits per heavy atom. The molecule has 1 aromatic heterocycles. The minimum absolute atomic E-state index is 0.551. The van der Waals surface area contributed by atoms with Gasteiger partial charge in [0, 0.05) is 30.8 Å².